The van der Waals surface area contributed by atoms with Crippen LogP contribution >= 0.6 is 0 Å². The molecule has 106 valence electrons. The maximum atomic E-state index is 12.6. The summed E-state index contributed by atoms with van der Waals surface area (Å²) < 4.78 is 26.8. The molecule has 5 heteroatoms. The fourth-order valence-electron chi connectivity index (χ4n) is 2.51. The van der Waals surface area contributed by atoms with Gasteiger partial charge in [0.05, 0.1) is 4.90 Å². The zero-order chi connectivity index (χ0) is 13.9. The summed E-state index contributed by atoms with van der Waals surface area (Å²) in [6.07, 6.45) is 3.03. The molecular weight excluding hydrogens is 260 g/mol. The molecule has 1 atom stereocenters. The lowest BCUT2D eigenvalue weighted by Gasteiger charge is -2.32. The highest BCUT2D eigenvalue weighted by Crippen LogP contribution is 2.25. The molecule has 19 heavy (non-hydrogen) atoms. The van der Waals surface area contributed by atoms with Gasteiger partial charge in [0.15, 0.2) is 0 Å². The minimum absolute atomic E-state index is 0.104. The van der Waals surface area contributed by atoms with E-state index in [1.165, 1.54) is 0 Å². The second-order valence-electron chi connectivity index (χ2n) is 5.02. The number of hydrogen-bond acceptors (Lipinski definition) is 3. The molecule has 0 saturated carbocycles. The Morgan fingerprint density at radius 2 is 1.95 bits per heavy atom. The summed E-state index contributed by atoms with van der Waals surface area (Å²) in [4.78, 5) is 0.392. The van der Waals surface area contributed by atoms with Gasteiger partial charge in [-0.2, -0.15) is 4.31 Å². The second-order valence-corrected chi connectivity index (χ2v) is 6.91. The minimum atomic E-state index is -3.34. The Hall–Kier alpha value is -1.07. The highest BCUT2D eigenvalue weighted by atomic mass is 32.2. The molecule has 0 unspecified atom stereocenters. The SMILES string of the molecule is CCNc1ccc(S(=O)(=O)N2CCCC[C@@H]2C)cc1. The fourth-order valence-corrected chi connectivity index (χ4v) is 4.21. The average Bonchev–Trinajstić information content (AvgIpc) is 2.40. The van der Waals surface area contributed by atoms with E-state index in [2.05, 4.69) is 5.32 Å². The van der Waals surface area contributed by atoms with E-state index >= 15 is 0 Å². The summed E-state index contributed by atoms with van der Waals surface area (Å²) >= 11 is 0. The fraction of sp³-hybridized carbons (Fsp3) is 0.571. The van der Waals surface area contributed by atoms with Crippen molar-refractivity contribution in [1.82, 2.24) is 4.31 Å². The molecule has 1 aromatic carbocycles. The number of piperidine rings is 1. The van der Waals surface area contributed by atoms with Gasteiger partial charge >= 0.3 is 0 Å². The van der Waals surface area contributed by atoms with E-state index in [9.17, 15) is 8.42 Å². The Balaban J connectivity index is 2.23. The van der Waals surface area contributed by atoms with Crippen molar-refractivity contribution < 1.29 is 8.42 Å². The van der Waals surface area contributed by atoms with E-state index in [-0.39, 0.29) is 6.04 Å². The van der Waals surface area contributed by atoms with E-state index in [1.54, 1.807) is 16.4 Å². The first-order valence-electron chi connectivity index (χ1n) is 6.91. The van der Waals surface area contributed by atoms with Gasteiger partial charge in [-0.05, 0) is 51.0 Å². The van der Waals surface area contributed by atoms with E-state index < -0.39 is 10.0 Å². The molecule has 1 heterocycles. The standard InChI is InChI=1S/C14H22N2O2S/c1-3-15-13-7-9-14(10-8-13)19(17,18)16-11-5-4-6-12(16)2/h7-10,12,15H,3-6,11H2,1-2H3/t12-/m0/s1. The Morgan fingerprint density at radius 3 is 2.53 bits per heavy atom. The molecule has 0 bridgehead atoms. The van der Waals surface area contributed by atoms with Crippen LogP contribution in [0.15, 0.2) is 29.2 Å². The van der Waals surface area contributed by atoms with Crippen LogP contribution in [-0.2, 0) is 10.0 Å². The maximum absolute atomic E-state index is 12.6. The van der Waals surface area contributed by atoms with Crippen molar-refractivity contribution in [2.45, 2.75) is 44.0 Å². The summed E-state index contributed by atoms with van der Waals surface area (Å²) in [6, 6.07) is 7.13. The Bertz CT molecular complexity index is 511. The number of sulfonamides is 1. The van der Waals surface area contributed by atoms with Crippen molar-refractivity contribution in [2.24, 2.45) is 0 Å². The Kier molecular flexibility index (Phi) is 4.47. The number of hydrogen-bond donors (Lipinski definition) is 1. The summed E-state index contributed by atoms with van der Waals surface area (Å²) in [5.41, 5.74) is 0.952. The summed E-state index contributed by atoms with van der Waals surface area (Å²) in [5, 5.41) is 3.17. The van der Waals surface area contributed by atoms with Gasteiger partial charge in [-0.3, -0.25) is 0 Å². The van der Waals surface area contributed by atoms with Crippen molar-refractivity contribution in [3.05, 3.63) is 24.3 Å². The molecule has 0 aromatic heterocycles. The second kappa shape index (κ2) is 5.92. The highest BCUT2D eigenvalue weighted by molar-refractivity contribution is 7.89. The average molecular weight is 282 g/mol. The van der Waals surface area contributed by atoms with Crippen LogP contribution in [-0.4, -0.2) is 31.9 Å². The molecule has 0 radical (unpaired) electrons. The lowest BCUT2D eigenvalue weighted by atomic mass is 10.1. The van der Waals surface area contributed by atoms with E-state index in [4.69, 9.17) is 0 Å². The molecule has 0 amide bonds. The molecular formula is C14H22N2O2S. The number of benzene rings is 1. The smallest absolute Gasteiger partial charge is 0.243 e. The van der Waals surface area contributed by atoms with Crippen LogP contribution in [0.3, 0.4) is 0 Å². The molecule has 1 fully saturated rings. The van der Waals surface area contributed by atoms with Gasteiger partial charge in [0.2, 0.25) is 10.0 Å². The van der Waals surface area contributed by atoms with Gasteiger partial charge in [0.25, 0.3) is 0 Å². The lowest BCUT2D eigenvalue weighted by molar-refractivity contribution is 0.268. The minimum Gasteiger partial charge on any atom is -0.385 e. The van der Waals surface area contributed by atoms with E-state index in [0.29, 0.717) is 11.4 Å². The summed E-state index contributed by atoms with van der Waals surface area (Å²) in [7, 11) is -3.34. The predicted molar refractivity (Wildman–Crippen MR) is 77.8 cm³/mol. The van der Waals surface area contributed by atoms with Gasteiger partial charge in [-0.15, -0.1) is 0 Å². The number of nitrogens with zero attached hydrogens (tertiary/aromatic N) is 1. The van der Waals surface area contributed by atoms with Crippen LogP contribution in [0.1, 0.15) is 33.1 Å². The molecule has 1 aliphatic heterocycles. The van der Waals surface area contributed by atoms with Gasteiger partial charge in [-0.25, -0.2) is 8.42 Å². The van der Waals surface area contributed by atoms with Crippen LogP contribution in [0, 0.1) is 0 Å². The zero-order valence-electron chi connectivity index (χ0n) is 11.6. The molecule has 1 aromatic rings. The first-order valence-corrected chi connectivity index (χ1v) is 8.35. The first-order chi connectivity index (χ1) is 9.05. The van der Waals surface area contributed by atoms with Crippen LogP contribution < -0.4 is 5.32 Å². The predicted octanol–water partition coefficient (Wildman–Crippen LogP) is 2.68. The van der Waals surface area contributed by atoms with Crippen LogP contribution in [0.2, 0.25) is 0 Å². The monoisotopic (exact) mass is 282 g/mol. The Labute approximate surface area is 115 Å². The Morgan fingerprint density at radius 1 is 1.26 bits per heavy atom. The van der Waals surface area contributed by atoms with Crippen molar-refractivity contribution in [2.75, 3.05) is 18.4 Å². The largest absolute Gasteiger partial charge is 0.385 e. The molecule has 1 saturated heterocycles. The topological polar surface area (TPSA) is 49.4 Å². The van der Waals surface area contributed by atoms with E-state index in [1.807, 2.05) is 26.0 Å². The third kappa shape index (κ3) is 3.09. The van der Waals surface area contributed by atoms with Crippen molar-refractivity contribution in [3.63, 3.8) is 0 Å². The molecule has 4 nitrogen and oxygen atoms in total. The third-order valence-electron chi connectivity index (χ3n) is 3.58. The normalized spacial score (nSPS) is 21.3. The number of rotatable bonds is 4. The van der Waals surface area contributed by atoms with Crippen molar-refractivity contribution in [3.8, 4) is 0 Å². The molecule has 1 N–H and O–H groups in total. The van der Waals surface area contributed by atoms with Crippen LogP contribution in [0.5, 0.6) is 0 Å². The third-order valence-corrected chi connectivity index (χ3v) is 5.61. The molecule has 0 spiro atoms. The van der Waals surface area contributed by atoms with Crippen molar-refractivity contribution in [1.29, 1.82) is 0 Å². The van der Waals surface area contributed by atoms with Gasteiger partial charge in [0, 0.05) is 24.8 Å². The lowest BCUT2D eigenvalue weighted by Crippen LogP contribution is -2.41. The quantitative estimate of drug-likeness (QED) is 0.923. The first kappa shape index (κ1) is 14.3. The summed E-state index contributed by atoms with van der Waals surface area (Å²) in [6.45, 7) is 5.47. The van der Waals surface area contributed by atoms with Crippen molar-refractivity contribution >= 4 is 15.7 Å². The molecule has 0 aliphatic carbocycles. The maximum Gasteiger partial charge on any atom is 0.243 e. The van der Waals surface area contributed by atoms with Crippen LogP contribution in [0.25, 0.3) is 0 Å². The van der Waals surface area contributed by atoms with E-state index in [0.717, 1.165) is 31.5 Å². The number of nitrogens with one attached hydrogen (secondary N) is 1. The van der Waals surface area contributed by atoms with Gasteiger partial charge in [0.1, 0.15) is 0 Å². The van der Waals surface area contributed by atoms with Crippen LogP contribution in [0.4, 0.5) is 5.69 Å². The molecule has 1 aliphatic rings. The van der Waals surface area contributed by atoms with Gasteiger partial charge < -0.3 is 5.32 Å². The zero-order valence-corrected chi connectivity index (χ0v) is 12.4. The van der Waals surface area contributed by atoms with Gasteiger partial charge in [-0.1, -0.05) is 6.42 Å². The summed E-state index contributed by atoms with van der Waals surface area (Å²) in [5.74, 6) is 0. The molecule has 2 rings (SSSR count). The number of anilines is 1. The highest BCUT2D eigenvalue weighted by Gasteiger charge is 2.30.